The van der Waals surface area contributed by atoms with Gasteiger partial charge in [0.1, 0.15) is 0 Å². The molecule has 0 aliphatic carbocycles. The number of likely N-dealkylation sites (N-methyl/N-ethyl adjacent to an activating group) is 1. The molecule has 2 fully saturated rings. The standard InChI is InChI=1S/C19H29N3O/c1-16(8-9-17-6-4-3-5-7-17)21-12-10-18(11-13-21)22-15-14-20(2)19(22)23/h3-7,16,18H,8-15H2,1-2H3/t16-/m1/s1. The van der Waals surface area contributed by atoms with Crippen molar-refractivity contribution >= 4 is 6.03 Å². The normalized spacial score (nSPS) is 21.9. The highest BCUT2D eigenvalue weighted by atomic mass is 16.2. The van der Waals surface area contributed by atoms with Gasteiger partial charge in [-0.2, -0.15) is 0 Å². The van der Waals surface area contributed by atoms with Gasteiger partial charge in [-0.05, 0) is 38.2 Å². The number of piperidine rings is 1. The SMILES string of the molecule is C[C@H](CCc1ccccc1)N1CCC(N2CCN(C)C2=O)CC1. The molecule has 2 saturated heterocycles. The van der Waals surface area contributed by atoms with Crippen LogP contribution >= 0.6 is 0 Å². The number of aryl methyl sites for hydroxylation is 1. The molecule has 2 amide bonds. The second-order valence-corrected chi connectivity index (χ2v) is 7.04. The Bertz CT molecular complexity index is 511. The molecular formula is C19H29N3O. The molecule has 2 aliphatic heterocycles. The summed E-state index contributed by atoms with van der Waals surface area (Å²) < 4.78 is 0. The molecule has 0 spiro atoms. The molecule has 0 radical (unpaired) electrons. The minimum atomic E-state index is 0.223. The Morgan fingerprint density at radius 1 is 1.09 bits per heavy atom. The van der Waals surface area contributed by atoms with Crippen LogP contribution in [0, 0.1) is 0 Å². The van der Waals surface area contributed by atoms with Crippen LogP contribution in [0.15, 0.2) is 30.3 Å². The number of amides is 2. The summed E-state index contributed by atoms with van der Waals surface area (Å²) in [5.74, 6) is 0. The molecule has 0 bridgehead atoms. The maximum atomic E-state index is 12.1. The molecule has 3 rings (SSSR count). The van der Waals surface area contributed by atoms with Gasteiger partial charge in [-0.25, -0.2) is 4.79 Å². The van der Waals surface area contributed by atoms with Crippen molar-refractivity contribution in [1.82, 2.24) is 14.7 Å². The molecule has 4 heteroatoms. The predicted molar refractivity (Wildman–Crippen MR) is 93.6 cm³/mol. The third-order valence-electron chi connectivity index (χ3n) is 5.51. The maximum absolute atomic E-state index is 12.1. The van der Waals surface area contributed by atoms with E-state index in [0.717, 1.165) is 45.4 Å². The second-order valence-electron chi connectivity index (χ2n) is 7.04. The van der Waals surface area contributed by atoms with Gasteiger partial charge in [0.05, 0.1) is 0 Å². The molecule has 1 aromatic carbocycles. The Kier molecular flexibility index (Phi) is 5.21. The van der Waals surface area contributed by atoms with Crippen LogP contribution in [0.3, 0.4) is 0 Å². The fourth-order valence-corrected chi connectivity index (χ4v) is 3.85. The molecule has 2 heterocycles. The van der Waals surface area contributed by atoms with E-state index in [4.69, 9.17) is 0 Å². The lowest BCUT2D eigenvalue weighted by Gasteiger charge is -2.39. The molecule has 0 N–H and O–H groups in total. The van der Waals surface area contributed by atoms with Crippen molar-refractivity contribution < 1.29 is 4.79 Å². The fraction of sp³-hybridized carbons (Fsp3) is 0.632. The van der Waals surface area contributed by atoms with Gasteiger partial charge < -0.3 is 14.7 Å². The van der Waals surface area contributed by atoms with Gasteiger partial charge in [-0.1, -0.05) is 30.3 Å². The van der Waals surface area contributed by atoms with Gasteiger partial charge >= 0.3 is 6.03 Å². The van der Waals surface area contributed by atoms with Gasteiger partial charge in [0.25, 0.3) is 0 Å². The average Bonchev–Trinajstić information content (AvgIpc) is 2.93. The summed E-state index contributed by atoms with van der Waals surface area (Å²) in [7, 11) is 1.91. The van der Waals surface area contributed by atoms with Crippen molar-refractivity contribution in [2.75, 3.05) is 33.2 Å². The first-order chi connectivity index (χ1) is 11.1. The lowest BCUT2D eigenvalue weighted by molar-refractivity contribution is 0.106. The number of nitrogens with zero attached hydrogens (tertiary/aromatic N) is 3. The lowest BCUT2D eigenvalue weighted by Crippen LogP contribution is -2.48. The van der Waals surface area contributed by atoms with E-state index < -0.39 is 0 Å². The van der Waals surface area contributed by atoms with E-state index in [-0.39, 0.29) is 6.03 Å². The quantitative estimate of drug-likeness (QED) is 0.835. The first-order valence-corrected chi connectivity index (χ1v) is 8.95. The number of hydrogen-bond acceptors (Lipinski definition) is 2. The van der Waals surface area contributed by atoms with Crippen LogP contribution in [0.25, 0.3) is 0 Å². The van der Waals surface area contributed by atoms with E-state index in [9.17, 15) is 4.79 Å². The summed E-state index contributed by atoms with van der Waals surface area (Å²) in [6.07, 6.45) is 4.60. The molecule has 4 nitrogen and oxygen atoms in total. The minimum Gasteiger partial charge on any atom is -0.326 e. The van der Waals surface area contributed by atoms with Crippen LogP contribution < -0.4 is 0 Å². The smallest absolute Gasteiger partial charge is 0.320 e. The summed E-state index contributed by atoms with van der Waals surface area (Å²) in [6.45, 7) is 6.37. The second kappa shape index (κ2) is 7.35. The van der Waals surface area contributed by atoms with Crippen LogP contribution in [-0.2, 0) is 6.42 Å². The lowest BCUT2D eigenvalue weighted by atomic mass is 9.99. The minimum absolute atomic E-state index is 0.223. The number of hydrogen-bond donors (Lipinski definition) is 0. The Labute approximate surface area is 140 Å². The molecule has 0 saturated carbocycles. The fourth-order valence-electron chi connectivity index (χ4n) is 3.85. The average molecular weight is 315 g/mol. The van der Waals surface area contributed by atoms with E-state index in [1.807, 2.05) is 11.9 Å². The van der Waals surface area contributed by atoms with Gasteiger partial charge in [-0.15, -0.1) is 0 Å². The third kappa shape index (κ3) is 3.86. The monoisotopic (exact) mass is 315 g/mol. The third-order valence-corrected chi connectivity index (χ3v) is 5.51. The molecular weight excluding hydrogens is 286 g/mol. The highest BCUT2D eigenvalue weighted by molar-refractivity contribution is 5.76. The number of urea groups is 1. The molecule has 2 aliphatic rings. The Hall–Kier alpha value is -1.55. The van der Waals surface area contributed by atoms with Crippen molar-refractivity contribution in [2.24, 2.45) is 0 Å². The Morgan fingerprint density at radius 2 is 1.78 bits per heavy atom. The molecule has 0 unspecified atom stereocenters. The first-order valence-electron chi connectivity index (χ1n) is 8.95. The number of benzene rings is 1. The summed E-state index contributed by atoms with van der Waals surface area (Å²) in [5, 5.41) is 0. The van der Waals surface area contributed by atoms with Gasteiger partial charge in [-0.3, -0.25) is 0 Å². The molecule has 126 valence electrons. The molecule has 1 aromatic rings. The number of carbonyl (C=O) groups excluding carboxylic acids is 1. The van der Waals surface area contributed by atoms with Gasteiger partial charge in [0, 0.05) is 45.3 Å². The highest BCUT2D eigenvalue weighted by Crippen LogP contribution is 2.23. The van der Waals surface area contributed by atoms with E-state index in [1.54, 1.807) is 0 Å². The van der Waals surface area contributed by atoms with E-state index >= 15 is 0 Å². The number of rotatable bonds is 5. The van der Waals surface area contributed by atoms with E-state index in [2.05, 4.69) is 47.1 Å². The van der Waals surface area contributed by atoms with Gasteiger partial charge in [0.15, 0.2) is 0 Å². The van der Waals surface area contributed by atoms with E-state index in [1.165, 1.54) is 12.0 Å². The van der Waals surface area contributed by atoms with Crippen LogP contribution in [0.1, 0.15) is 31.7 Å². The topological polar surface area (TPSA) is 26.8 Å². The zero-order valence-corrected chi connectivity index (χ0v) is 14.4. The summed E-state index contributed by atoms with van der Waals surface area (Å²) in [4.78, 5) is 18.6. The van der Waals surface area contributed by atoms with Crippen molar-refractivity contribution in [2.45, 2.75) is 44.7 Å². The number of likely N-dealkylation sites (tertiary alicyclic amines) is 1. The Balaban J connectivity index is 1.44. The van der Waals surface area contributed by atoms with Crippen molar-refractivity contribution in [3.05, 3.63) is 35.9 Å². The van der Waals surface area contributed by atoms with Crippen LogP contribution in [0.2, 0.25) is 0 Å². The summed E-state index contributed by atoms with van der Waals surface area (Å²) >= 11 is 0. The highest BCUT2D eigenvalue weighted by Gasteiger charge is 2.34. The van der Waals surface area contributed by atoms with Crippen LogP contribution in [-0.4, -0.2) is 66.0 Å². The number of carbonyl (C=O) groups is 1. The largest absolute Gasteiger partial charge is 0.326 e. The molecule has 0 aromatic heterocycles. The summed E-state index contributed by atoms with van der Waals surface area (Å²) in [5.41, 5.74) is 1.43. The Morgan fingerprint density at radius 3 is 2.39 bits per heavy atom. The molecule has 23 heavy (non-hydrogen) atoms. The predicted octanol–water partition coefficient (Wildman–Crippen LogP) is 2.84. The van der Waals surface area contributed by atoms with Gasteiger partial charge in [0.2, 0.25) is 0 Å². The van der Waals surface area contributed by atoms with Crippen molar-refractivity contribution in [3.8, 4) is 0 Å². The van der Waals surface area contributed by atoms with Crippen molar-refractivity contribution in [3.63, 3.8) is 0 Å². The van der Waals surface area contributed by atoms with E-state index in [0.29, 0.717) is 12.1 Å². The van der Waals surface area contributed by atoms with Crippen LogP contribution in [0.4, 0.5) is 4.79 Å². The summed E-state index contributed by atoms with van der Waals surface area (Å²) in [6, 6.07) is 12.0. The first kappa shape index (κ1) is 16.3. The van der Waals surface area contributed by atoms with Crippen molar-refractivity contribution in [1.29, 1.82) is 0 Å². The zero-order chi connectivity index (χ0) is 16.2. The molecule has 1 atom stereocenters. The van der Waals surface area contributed by atoms with Crippen LogP contribution in [0.5, 0.6) is 0 Å². The zero-order valence-electron chi connectivity index (χ0n) is 14.4. The maximum Gasteiger partial charge on any atom is 0.320 e.